The van der Waals surface area contributed by atoms with Gasteiger partial charge in [0.2, 0.25) is 5.91 Å². The van der Waals surface area contributed by atoms with Crippen molar-refractivity contribution in [1.29, 1.82) is 0 Å². The Bertz CT molecular complexity index is 616. The van der Waals surface area contributed by atoms with Crippen molar-refractivity contribution < 1.29 is 14.3 Å². The van der Waals surface area contributed by atoms with Gasteiger partial charge in [0.15, 0.2) is 0 Å². The molecule has 0 saturated carbocycles. The van der Waals surface area contributed by atoms with E-state index in [9.17, 15) is 14.3 Å². The monoisotopic (exact) mass is 307 g/mol. The molecule has 1 amide bonds. The van der Waals surface area contributed by atoms with Gasteiger partial charge in [0.1, 0.15) is 5.82 Å². The molecule has 21 heavy (non-hydrogen) atoms. The summed E-state index contributed by atoms with van der Waals surface area (Å²) < 4.78 is 13.4. The standard InChI is InChI=1S/C16H15ClFNO2/c17-13-7-5-11(6-8-13)15(20)10-19-16(21)9-12-3-1-2-4-14(12)18/h1-8,15,20H,9-10H2,(H,19,21). The van der Waals surface area contributed by atoms with Gasteiger partial charge >= 0.3 is 0 Å². The molecule has 3 nitrogen and oxygen atoms in total. The molecule has 0 aliphatic carbocycles. The zero-order chi connectivity index (χ0) is 15.2. The van der Waals surface area contributed by atoms with Gasteiger partial charge in [-0.2, -0.15) is 0 Å². The highest BCUT2D eigenvalue weighted by molar-refractivity contribution is 6.30. The van der Waals surface area contributed by atoms with Crippen molar-refractivity contribution in [2.45, 2.75) is 12.5 Å². The first-order valence-electron chi connectivity index (χ1n) is 6.50. The van der Waals surface area contributed by atoms with E-state index < -0.39 is 11.9 Å². The van der Waals surface area contributed by atoms with Crippen molar-refractivity contribution in [3.05, 3.63) is 70.5 Å². The molecule has 0 fully saturated rings. The first kappa shape index (κ1) is 15.5. The molecular formula is C16H15ClFNO2. The van der Waals surface area contributed by atoms with Gasteiger partial charge in [0.05, 0.1) is 12.5 Å². The number of hydrogen-bond acceptors (Lipinski definition) is 2. The van der Waals surface area contributed by atoms with E-state index in [0.717, 1.165) is 0 Å². The highest BCUT2D eigenvalue weighted by atomic mass is 35.5. The Morgan fingerprint density at radius 1 is 1.19 bits per heavy atom. The largest absolute Gasteiger partial charge is 0.387 e. The van der Waals surface area contributed by atoms with Crippen molar-refractivity contribution in [2.75, 3.05) is 6.54 Å². The quantitative estimate of drug-likeness (QED) is 0.892. The molecular weight excluding hydrogens is 293 g/mol. The Hall–Kier alpha value is -1.91. The predicted octanol–water partition coefficient (Wildman–Crippen LogP) is 2.87. The molecule has 1 atom stereocenters. The van der Waals surface area contributed by atoms with E-state index in [1.807, 2.05) is 0 Å². The van der Waals surface area contributed by atoms with Crippen LogP contribution in [0, 0.1) is 5.82 Å². The summed E-state index contributed by atoms with van der Waals surface area (Å²) in [4.78, 5) is 11.7. The fourth-order valence-electron chi connectivity index (χ4n) is 1.89. The first-order valence-corrected chi connectivity index (χ1v) is 6.87. The van der Waals surface area contributed by atoms with Gasteiger partial charge in [-0.15, -0.1) is 0 Å². The number of benzene rings is 2. The third-order valence-corrected chi connectivity index (χ3v) is 3.31. The molecule has 0 heterocycles. The van der Waals surface area contributed by atoms with Crippen molar-refractivity contribution >= 4 is 17.5 Å². The third kappa shape index (κ3) is 4.55. The molecule has 2 aromatic carbocycles. The maximum absolute atomic E-state index is 13.4. The minimum absolute atomic E-state index is 0.0555. The van der Waals surface area contributed by atoms with Crippen molar-refractivity contribution in [3.63, 3.8) is 0 Å². The number of aliphatic hydroxyl groups excluding tert-OH is 1. The van der Waals surface area contributed by atoms with Crippen LogP contribution in [-0.4, -0.2) is 17.6 Å². The normalized spacial score (nSPS) is 12.0. The van der Waals surface area contributed by atoms with Gasteiger partial charge in [-0.1, -0.05) is 41.9 Å². The average molecular weight is 308 g/mol. The van der Waals surface area contributed by atoms with Crippen LogP contribution in [0.25, 0.3) is 0 Å². The minimum atomic E-state index is -0.827. The number of rotatable bonds is 5. The smallest absolute Gasteiger partial charge is 0.224 e. The minimum Gasteiger partial charge on any atom is -0.387 e. The van der Waals surface area contributed by atoms with Crippen LogP contribution < -0.4 is 5.32 Å². The number of carbonyl (C=O) groups excluding carboxylic acids is 1. The number of halogens is 2. The van der Waals surface area contributed by atoms with E-state index in [4.69, 9.17) is 11.6 Å². The van der Waals surface area contributed by atoms with Crippen molar-refractivity contribution in [1.82, 2.24) is 5.32 Å². The van der Waals surface area contributed by atoms with Gasteiger partial charge in [-0.05, 0) is 29.3 Å². The maximum atomic E-state index is 13.4. The molecule has 1 unspecified atom stereocenters. The van der Waals surface area contributed by atoms with E-state index >= 15 is 0 Å². The van der Waals surface area contributed by atoms with E-state index in [2.05, 4.69) is 5.32 Å². The second-order valence-electron chi connectivity index (χ2n) is 4.64. The summed E-state index contributed by atoms with van der Waals surface area (Å²) >= 11 is 5.76. The maximum Gasteiger partial charge on any atom is 0.224 e. The molecule has 2 N–H and O–H groups in total. The van der Waals surface area contributed by atoms with E-state index in [0.29, 0.717) is 16.1 Å². The topological polar surface area (TPSA) is 49.3 Å². The molecule has 2 aromatic rings. The number of aliphatic hydroxyl groups is 1. The number of amides is 1. The lowest BCUT2D eigenvalue weighted by Crippen LogP contribution is -2.29. The van der Waals surface area contributed by atoms with Gasteiger partial charge < -0.3 is 10.4 Å². The number of nitrogens with one attached hydrogen (secondary N) is 1. The van der Waals surface area contributed by atoms with Crippen LogP contribution in [0.2, 0.25) is 5.02 Å². The highest BCUT2D eigenvalue weighted by Crippen LogP contribution is 2.15. The fraction of sp³-hybridized carbons (Fsp3) is 0.188. The Labute approximate surface area is 127 Å². The Kier molecular flexibility index (Phi) is 5.31. The Balaban J connectivity index is 1.86. The van der Waals surface area contributed by atoms with Crippen LogP contribution in [0.4, 0.5) is 4.39 Å². The third-order valence-electron chi connectivity index (χ3n) is 3.06. The van der Waals surface area contributed by atoms with Crippen molar-refractivity contribution in [2.24, 2.45) is 0 Å². The molecule has 0 saturated heterocycles. The summed E-state index contributed by atoms with van der Waals surface area (Å²) in [6.07, 6.45) is -0.883. The SMILES string of the molecule is O=C(Cc1ccccc1F)NCC(O)c1ccc(Cl)cc1. The molecule has 5 heteroatoms. The molecule has 0 radical (unpaired) electrons. The Morgan fingerprint density at radius 2 is 1.86 bits per heavy atom. The summed E-state index contributed by atoms with van der Waals surface area (Å²) in [6, 6.07) is 12.8. The predicted molar refractivity (Wildman–Crippen MR) is 79.5 cm³/mol. The lowest BCUT2D eigenvalue weighted by molar-refractivity contribution is -0.120. The van der Waals surface area contributed by atoms with Gasteiger partial charge in [0.25, 0.3) is 0 Å². The molecule has 0 bridgehead atoms. The molecule has 0 aromatic heterocycles. The summed E-state index contributed by atoms with van der Waals surface area (Å²) in [5, 5.41) is 13.1. The van der Waals surface area contributed by atoms with Crippen LogP contribution in [0.15, 0.2) is 48.5 Å². The summed E-state index contributed by atoms with van der Waals surface area (Å²) in [6.45, 7) is 0.0644. The zero-order valence-electron chi connectivity index (χ0n) is 11.2. The van der Waals surface area contributed by atoms with Crippen LogP contribution in [-0.2, 0) is 11.2 Å². The molecule has 0 aliphatic rings. The van der Waals surface area contributed by atoms with Crippen LogP contribution >= 0.6 is 11.6 Å². The molecule has 0 spiro atoms. The number of carbonyl (C=O) groups is 1. The Morgan fingerprint density at radius 3 is 2.52 bits per heavy atom. The van der Waals surface area contributed by atoms with E-state index in [-0.39, 0.29) is 18.9 Å². The van der Waals surface area contributed by atoms with Gasteiger partial charge in [0, 0.05) is 11.6 Å². The van der Waals surface area contributed by atoms with Crippen LogP contribution in [0.3, 0.4) is 0 Å². The van der Waals surface area contributed by atoms with Gasteiger partial charge in [-0.3, -0.25) is 4.79 Å². The second-order valence-corrected chi connectivity index (χ2v) is 5.08. The number of hydrogen-bond donors (Lipinski definition) is 2. The fourth-order valence-corrected chi connectivity index (χ4v) is 2.02. The molecule has 110 valence electrons. The lowest BCUT2D eigenvalue weighted by atomic mass is 10.1. The zero-order valence-corrected chi connectivity index (χ0v) is 12.0. The molecule has 2 rings (SSSR count). The highest BCUT2D eigenvalue weighted by Gasteiger charge is 2.11. The first-order chi connectivity index (χ1) is 10.1. The summed E-state index contributed by atoms with van der Waals surface area (Å²) in [5.74, 6) is -0.751. The average Bonchev–Trinajstić information content (AvgIpc) is 2.48. The van der Waals surface area contributed by atoms with Gasteiger partial charge in [-0.25, -0.2) is 4.39 Å². The summed E-state index contributed by atoms with van der Waals surface area (Å²) in [7, 11) is 0. The van der Waals surface area contributed by atoms with E-state index in [1.165, 1.54) is 6.07 Å². The van der Waals surface area contributed by atoms with Crippen LogP contribution in [0.5, 0.6) is 0 Å². The van der Waals surface area contributed by atoms with Crippen molar-refractivity contribution in [3.8, 4) is 0 Å². The summed E-state index contributed by atoms with van der Waals surface area (Å²) in [5.41, 5.74) is 0.988. The lowest BCUT2D eigenvalue weighted by Gasteiger charge is -2.12. The molecule has 0 aliphatic heterocycles. The van der Waals surface area contributed by atoms with E-state index in [1.54, 1.807) is 42.5 Å². The second kappa shape index (κ2) is 7.20. The van der Waals surface area contributed by atoms with Crippen LogP contribution in [0.1, 0.15) is 17.2 Å².